The zero-order valence-electron chi connectivity index (χ0n) is 29.1. The Bertz CT molecular complexity index is 2570. The fraction of sp³-hybridized carbons (Fsp3) is 0.0682. The van der Waals surface area contributed by atoms with Crippen molar-refractivity contribution in [2.75, 3.05) is 13.3 Å². The van der Waals surface area contributed by atoms with Gasteiger partial charge < -0.3 is 5.32 Å². The first kappa shape index (κ1) is 33.6. The first-order chi connectivity index (χ1) is 25.8. The second kappa shape index (κ2) is 13.5. The summed E-state index contributed by atoms with van der Waals surface area (Å²) in [7, 11) is -1.79. The molecule has 260 valence electrons. The Kier molecular flexibility index (Phi) is 8.56. The molecule has 0 fully saturated rings. The van der Waals surface area contributed by atoms with Crippen LogP contribution in [0.4, 0.5) is 0 Å². The number of amides is 1. The van der Waals surface area contributed by atoms with Gasteiger partial charge in [-0.25, -0.2) is 13.4 Å². The molecule has 0 aliphatic heterocycles. The molecule has 1 amide bonds. The topological polar surface area (TPSA) is 98.4 Å². The van der Waals surface area contributed by atoms with Crippen molar-refractivity contribution in [2.45, 2.75) is 10.4 Å². The molecule has 0 saturated heterocycles. The van der Waals surface area contributed by atoms with Crippen LogP contribution in [-0.4, -0.2) is 46.8 Å². The third-order valence-corrected chi connectivity index (χ3v) is 10.8. The van der Waals surface area contributed by atoms with E-state index in [-0.39, 0.29) is 10.8 Å². The minimum absolute atomic E-state index is 0.149. The number of carbonyl (C=O) groups excluding carboxylic acids is 1. The number of aromatic nitrogens is 4. The molecule has 0 aliphatic carbocycles. The van der Waals surface area contributed by atoms with Crippen molar-refractivity contribution >= 4 is 21.4 Å². The molecular formula is C44H35N5O3S. The number of hydrogen-bond donors (Lipinski definition) is 1. The highest BCUT2D eigenvalue weighted by atomic mass is 32.2. The number of benzene rings is 5. The molecule has 0 bridgehead atoms. The van der Waals surface area contributed by atoms with Gasteiger partial charge in [0.05, 0.1) is 16.8 Å². The summed E-state index contributed by atoms with van der Waals surface area (Å²) in [5, 5.41) is 8.11. The number of carbonyl (C=O) groups is 1. The molecule has 0 saturated carbocycles. The number of nitrogens with one attached hydrogen (secondary N) is 1. The van der Waals surface area contributed by atoms with Crippen molar-refractivity contribution < 1.29 is 13.2 Å². The molecule has 0 atom stereocenters. The number of sulfone groups is 1. The average Bonchev–Trinajstić information content (AvgIpc) is 3.84. The van der Waals surface area contributed by atoms with Gasteiger partial charge in [-0.15, -0.1) is 0 Å². The van der Waals surface area contributed by atoms with E-state index in [0.29, 0.717) is 11.3 Å². The highest BCUT2D eigenvalue weighted by molar-refractivity contribution is 7.90. The van der Waals surface area contributed by atoms with Gasteiger partial charge in [-0.2, -0.15) is 5.10 Å². The number of pyridine rings is 1. The standard InChI is InChI=1S/C44H35N5O3S/c1-45-43(50)33-20-18-31(19-21-33)40-28-46-41-27-24-34(29-48(40)41)39-30-49(47-42(39)32-22-25-38(26-23-32)53(2,51)52)44(35-12-6-3-7-13-35,36-14-8-4-9-15-36)37-16-10-5-11-17-37/h3-30H,1-2H3,(H,45,50). The summed E-state index contributed by atoms with van der Waals surface area (Å²) in [6.07, 6.45) is 7.17. The molecular weight excluding hydrogens is 679 g/mol. The molecule has 8 nitrogen and oxygen atoms in total. The Hall–Kier alpha value is -6.58. The van der Waals surface area contributed by atoms with Crippen molar-refractivity contribution in [3.05, 3.63) is 193 Å². The van der Waals surface area contributed by atoms with E-state index in [9.17, 15) is 13.2 Å². The van der Waals surface area contributed by atoms with Gasteiger partial charge >= 0.3 is 0 Å². The predicted molar refractivity (Wildman–Crippen MR) is 208 cm³/mol. The zero-order valence-corrected chi connectivity index (χ0v) is 29.9. The molecule has 8 aromatic rings. The third kappa shape index (κ3) is 6.00. The van der Waals surface area contributed by atoms with Crippen LogP contribution in [0.3, 0.4) is 0 Å². The highest BCUT2D eigenvalue weighted by Gasteiger charge is 2.40. The smallest absolute Gasteiger partial charge is 0.251 e. The second-order valence-corrected chi connectivity index (χ2v) is 14.9. The number of nitrogens with zero attached hydrogens (tertiary/aromatic N) is 4. The summed E-state index contributed by atoms with van der Waals surface area (Å²) < 4.78 is 29.0. The van der Waals surface area contributed by atoms with Crippen LogP contribution in [0.5, 0.6) is 0 Å². The summed E-state index contributed by atoms with van der Waals surface area (Å²) in [5.41, 5.74) is 8.50. The minimum atomic E-state index is -3.41. The molecule has 3 aromatic heterocycles. The van der Waals surface area contributed by atoms with Gasteiger partial charge in [0.15, 0.2) is 9.84 Å². The molecule has 5 aromatic carbocycles. The number of imidazole rings is 1. The van der Waals surface area contributed by atoms with E-state index >= 15 is 0 Å². The van der Waals surface area contributed by atoms with Crippen molar-refractivity contribution in [1.29, 1.82) is 0 Å². The van der Waals surface area contributed by atoms with Crippen LogP contribution in [0.2, 0.25) is 0 Å². The normalized spacial score (nSPS) is 11.8. The minimum Gasteiger partial charge on any atom is -0.355 e. The van der Waals surface area contributed by atoms with Gasteiger partial charge in [0.2, 0.25) is 0 Å². The maximum absolute atomic E-state index is 12.4. The van der Waals surface area contributed by atoms with Gasteiger partial charge in [0.1, 0.15) is 16.9 Å². The van der Waals surface area contributed by atoms with Gasteiger partial charge in [-0.1, -0.05) is 115 Å². The molecule has 9 heteroatoms. The number of fused-ring (bicyclic) bond motifs is 1. The molecule has 0 radical (unpaired) electrons. The van der Waals surface area contributed by atoms with E-state index in [4.69, 9.17) is 5.10 Å². The van der Waals surface area contributed by atoms with Crippen molar-refractivity contribution in [3.63, 3.8) is 0 Å². The molecule has 0 spiro atoms. The van der Waals surface area contributed by atoms with Gasteiger partial charge in [-0.3, -0.25) is 13.9 Å². The van der Waals surface area contributed by atoms with E-state index < -0.39 is 15.4 Å². The van der Waals surface area contributed by atoms with Crippen molar-refractivity contribution in [1.82, 2.24) is 24.5 Å². The lowest BCUT2D eigenvalue weighted by Gasteiger charge is -2.36. The summed E-state index contributed by atoms with van der Waals surface area (Å²) in [4.78, 5) is 17.1. The van der Waals surface area contributed by atoms with Crippen LogP contribution < -0.4 is 5.32 Å². The summed E-state index contributed by atoms with van der Waals surface area (Å²) in [5.74, 6) is -0.149. The lowest BCUT2D eigenvalue weighted by molar-refractivity contribution is 0.0963. The lowest BCUT2D eigenvalue weighted by atomic mass is 9.77. The first-order valence-electron chi connectivity index (χ1n) is 17.1. The van der Waals surface area contributed by atoms with E-state index in [0.717, 1.165) is 50.3 Å². The van der Waals surface area contributed by atoms with Crippen LogP contribution in [0, 0.1) is 0 Å². The quantitative estimate of drug-likeness (QED) is 0.152. The van der Waals surface area contributed by atoms with Crippen LogP contribution in [-0.2, 0) is 15.4 Å². The highest BCUT2D eigenvalue weighted by Crippen LogP contribution is 2.43. The third-order valence-electron chi connectivity index (χ3n) is 9.68. The van der Waals surface area contributed by atoms with Crippen LogP contribution >= 0.6 is 0 Å². The lowest BCUT2D eigenvalue weighted by Crippen LogP contribution is -2.38. The summed E-state index contributed by atoms with van der Waals surface area (Å²) in [6.45, 7) is 0. The Labute approximate surface area is 308 Å². The molecule has 3 heterocycles. The van der Waals surface area contributed by atoms with E-state index in [1.54, 1.807) is 31.3 Å². The fourth-order valence-electron chi connectivity index (χ4n) is 7.06. The maximum Gasteiger partial charge on any atom is 0.251 e. The molecule has 0 aliphatic rings. The molecule has 53 heavy (non-hydrogen) atoms. The van der Waals surface area contributed by atoms with Crippen LogP contribution in [0.25, 0.3) is 39.3 Å². The van der Waals surface area contributed by atoms with Crippen molar-refractivity contribution in [3.8, 4) is 33.6 Å². The Morgan fingerprint density at radius 2 is 1.17 bits per heavy atom. The van der Waals surface area contributed by atoms with Gasteiger partial charge in [0, 0.05) is 53.5 Å². The maximum atomic E-state index is 12.4. The van der Waals surface area contributed by atoms with Gasteiger partial charge in [-0.05, 0) is 53.1 Å². The zero-order chi connectivity index (χ0) is 36.6. The largest absolute Gasteiger partial charge is 0.355 e. The van der Waals surface area contributed by atoms with Gasteiger partial charge in [0.25, 0.3) is 5.91 Å². The average molecular weight is 714 g/mol. The number of hydrogen-bond acceptors (Lipinski definition) is 5. The van der Waals surface area contributed by atoms with Crippen molar-refractivity contribution in [2.24, 2.45) is 0 Å². The SMILES string of the molecule is CNC(=O)c1ccc(-c2cnc3ccc(-c4cn(C(c5ccccc5)(c5ccccc5)c5ccccc5)nc4-c4ccc(S(C)(=O)=O)cc4)cn23)cc1. The van der Waals surface area contributed by atoms with E-state index in [2.05, 4.69) is 59.1 Å². The van der Waals surface area contributed by atoms with E-state index in [1.165, 1.54) is 6.26 Å². The van der Waals surface area contributed by atoms with E-state index in [1.807, 2.05) is 106 Å². The Morgan fingerprint density at radius 1 is 0.642 bits per heavy atom. The molecule has 0 unspecified atom stereocenters. The summed E-state index contributed by atoms with van der Waals surface area (Å²) >= 11 is 0. The van der Waals surface area contributed by atoms with Crippen LogP contribution in [0.1, 0.15) is 27.0 Å². The molecule has 8 rings (SSSR count). The molecule has 1 N–H and O–H groups in total. The number of rotatable bonds is 9. The monoisotopic (exact) mass is 713 g/mol. The summed E-state index contributed by atoms with van der Waals surface area (Å²) in [6, 6.07) is 49.4. The second-order valence-electron chi connectivity index (χ2n) is 12.9. The Balaban J connectivity index is 1.39. The Morgan fingerprint density at radius 3 is 1.70 bits per heavy atom. The van der Waals surface area contributed by atoms with Crippen LogP contribution in [0.15, 0.2) is 175 Å². The first-order valence-corrected chi connectivity index (χ1v) is 19.0. The fourth-order valence-corrected chi connectivity index (χ4v) is 7.69. The predicted octanol–water partition coefficient (Wildman–Crippen LogP) is 8.14.